The largest absolute Gasteiger partial charge is 0.493 e. The van der Waals surface area contributed by atoms with E-state index >= 15 is 0 Å². The molecule has 140 valence electrons. The molecule has 0 unspecified atom stereocenters. The van der Waals surface area contributed by atoms with E-state index in [1.54, 1.807) is 20.5 Å². The molecule has 8 heteroatoms. The number of amides is 1. The molecule has 1 aromatic heterocycles. The van der Waals surface area contributed by atoms with E-state index in [-0.39, 0.29) is 0 Å². The zero-order chi connectivity index (χ0) is 18.5. The molecule has 1 aliphatic rings. The van der Waals surface area contributed by atoms with Crippen LogP contribution < -0.4 is 14.4 Å². The maximum atomic E-state index is 10.5. The van der Waals surface area contributed by atoms with Crippen molar-refractivity contribution in [3.8, 4) is 11.5 Å². The Bertz CT molecular complexity index is 762. The number of hydrogen-bond donors (Lipinski definition) is 1. The zero-order valence-electron chi connectivity index (χ0n) is 15.1. The molecule has 0 radical (unpaired) electrons. The molecule has 0 aliphatic carbocycles. The highest BCUT2D eigenvalue weighted by atomic mass is 16.5. The highest BCUT2D eigenvalue weighted by Crippen LogP contribution is 2.35. The maximum Gasteiger partial charge on any atom is 0.233 e. The first kappa shape index (κ1) is 18.2. The van der Waals surface area contributed by atoms with Crippen molar-refractivity contribution in [3.63, 3.8) is 0 Å². The third-order valence-electron chi connectivity index (χ3n) is 4.92. The molecule has 1 aromatic carbocycles. The molecule has 8 nitrogen and oxygen atoms in total. The summed E-state index contributed by atoms with van der Waals surface area (Å²) in [6.45, 7) is 2.12. The van der Waals surface area contributed by atoms with Gasteiger partial charge in [-0.1, -0.05) is 0 Å². The van der Waals surface area contributed by atoms with E-state index in [2.05, 4.69) is 14.9 Å². The number of rotatable bonds is 7. The van der Waals surface area contributed by atoms with Crippen LogP contribution in [-0.2, 0) is 4.79 Å². The van der Waals surface area contributed by atoms with Crippen molar-refractivity contribution in [3.05, 3.63) is 18.5 Å². The number of aromatic nitrogens is 2. The van der Waals surface area contributed by atoms with Gasteiger partial charge in [0.05, 0.1) is 19.7 Å². The van der Waals surface area contributed by atoms with Gasteiger partial charge in [-0.3, -0.25) is 10.0 Å². The van der Waals surface area contributed by atoms with E-state index in [4.69, 9.17) is 9.47 Å². The zero-order valence-corrected chi connectivity index (χ0v) is 15.1. The number of hydrogen-bond acceptors (Lipinski definition) is 7. The number of piperidine rings is 1. The Hall–Kier alpha value is -2.61. The molecule has 0 spiro atoms. The number of anilines is 1. The van der Waals surface area contributed by atoms with Crippen LogP contribution in [0.3, 0.4) is 0 Å². The molecule has 1 N–H and O–H groups in total. The minimum absolute atomic E-state index is 0.377. The van der Waals surface area contributed by atoms with Crippen molar-refractivity contribution in [1.82, 2.24) is 15.0 Å². The minimum atomic E-state index is 0.377. The quantitative estimate of drug-likeness (QED) is 0.459. The predicted octanol–water partition coefficient (Wildman–Crippen LogP) is 2.10. The van der Waals surface area contributed by atoms with E-state index in [0.29, 0.717) is 35.4 Å². The summed E-state index contributed by atoms with van der Waals surface area (Å²) >= 11 is 0. The van der Waals surface area contributed by atoms with Crippen molar-refractivity contribution < 1.29 is 19.5 Å². The molecule has 0 atom stereocenters. The summed E-state index contributed by atoms with van der Waals surface area (Å²) in [6, 6.07) is 3.78. The van der Waals surface area contributed by atoms with Crippen molar-refractivity contribution in [2.75, 3.05) is 38.8 Å². The maximum absolute atomic E-state index is 10.5. The fraction of sp³-hybridized carbons (Fsp3) is 0.500. The van der Waals surface area contributed by atoms with Gasteiger partial charge in [0.15, 0.2) is 11.5 Å². The van der Waals surface area contributed by atoms with Gasteiger partial charge in [0, 0.05) is 31.1 Å². The molecule has 26 heavy (non-hydrogen) atoms. The van der Waals surface area contributed by atoms with E-state index in [0.717, 1.165) is 49.1 Å². The van der Waals surface area contributed by atoms with Crippen LogP contribution in [0.1, 0.15) is 19.3 Å². The van der Waals surface area contributed by atoms with Gasteiger partial charge in [-0.25, -0.2) is 15.0 Å². The summed E-state index contributed by atoms with van der Waals surface area (Å²) in [5.74, 6) is 2.68. The topological polar surface area (TPSA) is 88.0 Å². The lowest BCUT2D eigenvalue weighted by molar-refractivity contribution is -0.150. The Kier molecular flexibility index (Phi) is 5.72. The average molecular weight is 360 g/mol. The molecule has 3 rings (SSSR count). The second kappa shape index (κ2) is 8.18. The molecule has 0 bridgehead atoms. The minimum Gasteiger partial charge on any atom is -0.493 e. The number of carbonyl (C=O) groups is 1. The van der Waals surface area contributed by atoms with Crippen molar-refractivity contribution in [2.24, 2.45) is 5.92 Å². The van der Waals surface area contributed by atoms with E-state index in [1.807, 2.05) is 12.1 Å². The highest BCUT2D eigenvalue weighted by Gasteiger charge is 2.22. The lowest BCUT2D eigenvalue weighted by Gasteiger charge is -2.33. The van der Waals surface area contributed by atoms with Crippen molar-refractivity contribution >= 4 is 23.1 Å². The number of benzene rings is 1. The van der Waals surface area contributed by atoms with E-state index in [9.17, 15) is 10.0 Å². The summed E-state index contributed by atoms with van der Waals surface area (Å²) in [6.07, 6.45) is 4.81. The molecule has 2 aromatic rings. The number of hydroxylamine groups is 2. The first-order valence-corrected chi connectivity index (χ1v) is 8.68. The number of methoxy groups -OCH3 is 2. The Morgan fingerprint density at radius 3 is 2.58 bits per heavy atom. The molecule has 0 saturated carbocycles. The van der Waals surface area contributed by atoms with Crippen LogP contribution in [0, 0.1) is 5.92 Å². The number of nitrogens with zero attached hydrogens (tertiary/aromatic N) is 4. The Labute approximate surface area is 152 Å². The molecule has 1 fully saturated rings. The molecular formula is C18H24N4O4. The lowest BCUT2D eigenvalue weighted by atomic mass is 9.93. The van der Waals surface area contributed by atoms with Crippen LogP contribution in [0.5, 0.6) is 11.5 Å². The molecule has 1 amide bonds. The summed E-state index contributed by atoms with van der Waals surface area (Å²) in [4.78, 5) is 21.6. The number of carbonyl (C=O) groups excluding carboxylic acids is 1. The molecule has 1 saturated heterocycles. The second-order valence-corrected chi connectivity index (χ2v) is 6.41. The summed E-state index contributed by atoms with van der Waals surface area (Å²) in [7, 11) is 3.22. The smallest absolute Gasteiger partial charge is 0.233 e. The van der Waals surface area contributed by atoms with Crippen LogP contribution in [0.15, 0.2) is 18.5 Å². The van der Waals surface area contributed by atoms with Gasteiger partial charge >= 0.3 is 0 Å². The summed E-state index contributed by atoms with van der Waals surface area (Å²) in [5.41, 5.74) is 0.816. The standard InChI is InChI=1S/C18H24N4O4/c1-25-16-9-14-15(10-17(16)26-2)19-11-20-18(14)21-6-3-13(4-7-21)5-8-22(24)12-23/h9-13,24H,3-8H2,1-2H3. The second-order valence-electron chi connectivity index (χ2n) is 6.41. The first-order valence-electron chi connectivity index (χ1n) is 8.68. The molecule has 1 aliphatic heterocycles. The van der Waals surface area contributed by atoms with Gasteiger partial charge < -0.3 is 14.4 Å². The summed E-state index contributed by atoms with van der Waals surface area (Å²) < 4.78 is 10.8. The summed E-state index contributed by atoms with van der Waals surface area (Å²) in [5, 5.41) is 10.9. The van der Waals surface area contributed by atoms with Crippen molar-refractivity contribution in [1.29, 1.82) is 0 Å². The van der Waals surface area contributed by atoms with Gasteiger partial charge in [-0.05, 0) is 31.2 Å². The van der Waals surface area contributed by atoms with E-state index in [1.165, 1.54) is 0 Å². The SMILES string of the molecule is COc1cc2ncnc(N3CCC(CCN(O)C=O)CC3)c2cc1OC. The van der Waals surface area contributed by atoms with Gasteiger partial charge in [0.2, 0.25) is 6.41 Å². The Morgan fingerprint density at radius 2 is 1.92 bits per heavy atom. The highest BCUT2D eigenvalue weighted by molar-refractivity contribution is 5.92. The van der Waals surface area contributed by atoms with E-state index < -0.39 is 0 Å². The van der Waals surface area contributed by atoms with Crippen LogP contribution in [0.2, 0.25) is 0 Å². The average Bonchev–Trinajstić information content (AvgIpc) is 2.70. The lowest BCUT2D eigenvalue weighted by Crippen LogP contribution is -2.35. The van der Waals surface area contributed by atoms with Gasteiger partial charge in [0.1, 0.15) is 12.1 Å². The van der Waals surface area contributed by atoms with Gasteiger partial charge in [-0.2, -0.15) is 0 Å². The first-order chi connectivity index (χ1) is 12.7. The molecule has 2 heterocycles. The van der Waals surface area contributed by atoms with Crippen LogP contribution in [0.25, 0.3) is 10.9 Å². The Balaban J connectivity index is 1.76. The predicted molar refractivity (Wildman–Crippen MR) is 96.8 cm³/mol. The van der Waals surface area contributed by atoms with Gasteiger partial charge in [0.25, 0.3) is 0 Å². The van der Waals surface area contributed by atoms with Gasteiger partial charge in [-0.15, -0.1) is 0 Å². The monoisotopic (exact) mass is 360 g/mol. The normalized spacial score (nSPS) is 15.1. The van der Waals surface area contributed by atoms with Crippen LogP contribution in [0.4, 0.5) is 5.82 Å². The third kappa shape index (κ3) is 3.80. The number of ether oxygens (including phenoxy) is 2. The van der Waals surface area contributed by atoms with Crippen LogP contribution >= 0.6 is 0 Å². The fourth-order valence-corrected chi connectivity index (χ4v) is 3.42. The van der Waals surface area contributed by atoms with Crippen LogP contribution in [-0.4, -0.2) is 60.5 Å². The fourth-order valence-electron chi connectivity index (χ4n) is 3.42. The Morgan fingerprint density at radius 1 is 1.23 bits per heavy atom. The van der Waals surface area contributed by atoms with Crippen molar-refractivity contribution in [2.45, 2.75) is 19.3 Å². The molecular weight excluding hydrogens is 336 g/mol. The number of fused-ring (bicyclic) bond motifs is 1. The third-order valence-corrected chi connectivity index (χ3v) is 4.92.